The first-order valence-electron chi connectivity index (χ1n) is 9.41. The molecule has 150 valence electrons. The number of nitrogens with one attached hydrogen (secondary N) is 1. The SMILES string of the molecule is COc1ccc(S(=O)(=O)NCCN(CCC2=CCCCC2)C(C)=O)c(C)c1. The Morgan fingerprint density at radius 2 is 2.04 bits per heavy atom. The highest BCUT2D eigenvalue weighted by atomic mass is 32.2. The molecule has 0 unspecified atom stereocenters. The number of allylic oxidation sites excluding steroid dienone is 1. The number of aryl methyl sites for hydroxylation is 1. The van der Waals surface area contributed by atoms with Crippen molar-refractivity contribution in [3.63, 3.8) is 0 Å². The van der Waals surface area contributed by atoms with E-state index in [4.69, 9.17) is 4.74 Å². The zero-order valence-corrected chi connectivity index (χ0v) is 17.3. The molecule has 0 aliphatic heterocycles. The van der Waals surface area contributed by atoms with Gasteiger partial charge in [0.1, 0.15) is 5.75 Å². The first-order chi connectivity index (χ1) is 12.8. The minimum Gasteiger partial charge on any atom is -0.497 e. The lowest BCUT2D eigenvalue weighted by atomic mass is 9.97. The molecule has 1 aromatic rings. The van der Waals surface area contributed by atoms with Gasteiger partial charge in [-0.2, -0.15) is 0 Å². The van der Waals surface area contributed by atoms with Gasteiger partial charge in [0.25, 0.3) is 0 Å². The number of ether oxygens (including phenoxy) is 1. The van der Waals surface area contributed by atoms with Gasteiger partial charge in [-0.15, -0.1) is 0 Å². The van der Waals surface area contributed by atoms with Crippen LogP contribution in [0.2, 0.25) is 0 Å². The minimum atomic E-state index is -3.63. The number of nitrogens with zero attached hydrogens (tertiary/aromatic N) is 1. The molecule has 1 N–H and O–H groups in total. The van der Waals surface area contributed by atoms with Gasteiger partial charge in [-0.3, -0.25) is 4.79 Å². The molecule has 1 aliphatic rings. The third-order valence-electron chi connectivity index (χ3n) is 4.88. The lowest BCUT2D eigenvalue weighted by Gasteiger charge is -2.23. The lowest BCUT2D eigenvalue weighted by molar-refractivity contribution is -0.128. The van der Waals surface area contributed by atoms with Gasteiger partial charge in [0.15, 0.2) is 0 Å². The van der Waals surface area contributed by atoms with E-state index in [-0.39, 0.29) is 17.3 Å². The molecule has 0 saturated heterocycles. The van der Waals surface area contributed by atoms with E-state index >= 15 is 0 Å². The fourth-order valence-corrected chi connectivity index (χ4v) is 4.53. The molecular formula is C20H30N2O4S. The third-order valence-corrected chi connectivity index (χ3v) is 6.50. The van der Waals surface area contributed by atoms with Crippen molar-refractivity contribution in [2.45, 2.75) is 50.8 Å². The van der Waals surface area contributed by atoms with Crippen LogP contribution in [0.15, 0.2) is 34.7 Å². The summed E-state index contributed by atoms with van der Waals surface area (Å²) < 4.78 is 32.8. The molecule has 27 heavy (non-hydrogen) atoms. The fraction of sp³-hybridized carbons (Fsp3) is 0.550. The number of carbonyl (C=O) groups is 1. The highest BCUT2D eigenvalue weighted by Crippen LogP contribution is 2.21. The molecule has 0 radical (unpaired) electrons. The third kappa shape index (κ3) is 6.36. The second-order valence-corrected chi connectivity index (χ2v) is 8.63. The Balaban J connectivity index is 1.91. The lowest BCUT2D eigenvalue weighted by Crippen LogP contribution is -2.38. The summed E-state index contributed by atoms with van der Waals surface area (Å²) in [7, 11) is -2.09. The van der Waals surface area contributed by atoms with Crippen LogP contribution in [0, 0.1) is 6.92 Å². The summed E-state index contributed by atoms with van der Waals surface area (Å²) in [6.45, 7) is 4.43. The largest absolute Gasteiger partial charge is 0.497 e. The summed E-state index contributed by atoms with van der Waals surface area (Å²) in [6, 6.07) is 4.85. The molecule has 1 aromatic carbocycles. The molecule has 0 spiro atoms. The maximum Gasteiger partial charge on any atom is 0.240 e. The molecule has 0 atom stereocenters. The van der Waals surface area contributed by atoms with Gasteiger partial charge in [0, 0.05) is 26.6 Å². The van der Waals surface area contributed by atoms with Gasteiger partial charge in [-0.1, -0.05) is 11.6 Å². The fourth-order valence-electron chi connectivity index (χ4n) is 3.28. The smallest absolute Gasteiger partial charge is 0.240 e. The molecule has 0 aromatic heterocycles. The van der Waals surface area contributed by atoms with Gasteiger partial charge in [-0.25, -0.2) is 13.1 Å². The molecular weight excluding hydrogens is 364 g/mol. The Bertz CT molecular complexity index is 787. The maximum absolute atomic E-state index is 12.5. The molecule has 1 amide bonds. The molecule has 0 fully saturated rings. The molecule has 2 rings (SSSR count). The number of hydrogen-bond acceptors (Lipinski definition) is 4. The van der Waals surface area contributed by atoms with Gasteiger partial charge < -0.3 is 9.64 Å². The normalized spacial score (nSPS) is 14.6. The summed E-state index contributed by atoms with van der Waals surface area (Å²) in [5, 5.41) is 0. The topological polar surface area (TPSA) is 75.7 Å². The van der Waals surface area contributed by atoms with E-state index in [0.29, 0.717) is 24.4 Å². The van der Waals surface area contributed by atoms with E-state index in [1.807, 2.05) is 0 Å². The second kappa shape index (κ2) is 9.90. The summed E-state index contributed by atoms with van der Waals surface area (Å²) in [4.78, 5) is 13.8. The van der Waals surface area contributed by atoms with Crippen molar-refractivity contribution >= 4 is 15.9 Å². The van der Waals surface area contributed by atoms with E-state index in [0.717, 1.165) is 19.3 Å². The second-order valence-electron chi connectivity index (χ2n) is 6.89. The number of rotatable bonds is 9. The van der Waals surface area contributed by atoms with Crippen LogP contribution in [0.4, 0.5) is 0 Å². The molecule has 0 heterocycles. The van der Waals surface area contributed by atoms with Crippen LogP contribution in [0.5, 0.6) is 5.75 Å². The molecule has 0 bridgehead atoms. The Morgan fingerprint density at radius 1 is 1.26 bits per heavy atom. The summed E-state index contributed by atoms with van der Waals surface area (Å²) in [5.74, 6) is 0.581. The van der Waals surface area contributed by atoms with Crippen molar-refractivity contribution in [3.05, 3.63) is 35.4 Å². The number of carbonyl (C=O) groups excluding carboxylic acids is 1. The van der Waals surface area contributed by atoms with E-state index in [1.54, 1.807) is 31.1 Å². The number of benzene rings is 1. The maximum atomic E-state index is 12.5. The van der Waals surface area contributed by atoms with Gasteiger partial charge in [-0.05, 0) is 62.8 Å². The van der Waals surface area contributed by atoms with Crippen molar-refractivity contribution in [1.82, 2.24) is 9.62 Å². The predicted octanol–water partition coefficient (Wildman–Crippen LogP) is 3.02. The summed E-state index contributed by atoms with van der Waals surface area (Å²) in [6.07, 6.45) is 7.83. The molecule has 0 saturated carbocycles. The zero-order chi connectivity index (χ0) is 19.9. The Labute approximate surface area is 162 Å². The van der Waals surface area contributed by atoms with Crippen LogP contribution < -0.4 is 9.46 Å². The van der Waals surface area contributed by atoms with Crippen molar-refractivity contribution < 1.29 is 17.9 Å². The van der Waals surface area contributed by atoms with E-state index in [2.05, 4.69) is 10.8 Å². The van der Waals surface area contributed by atoms with Gasteiger partial charge in [0.05, 0.1) is 12.0 Å². The number of hydrogen-bond donors (Lipinski definition) is 1. The van der Waals surface area contributed by atoms with Gasteiger partial charge >= 0.3 is 0 Å². The minimum absolute atomic E-state index is 0.0359. The van der Waals surface area contributed by atoms with E-state index < -0.39 is 10.0 Å². The number of sulfonamides is 1. The Morgan fingerprint density at radius 3 is 2.63 bits per heavy atom. The van der Waals surface area contributed by atoms with Crippen LogP contribution in [0.3, 0.4) is 0 Å². The van der Waals surface area contributed by atoms with Crippen LogP contribution in [0.1, 0.15) is 44.6 Å². The summed E-state index contributed by atoms with van der Waals surface area (Å²) in [5.41, 5.74) is 2.02. The first-order valence-corrected chi connectivity index (χ1v) is 10.9. The van der Waals surface area contributed by atoms with Crippen molar-refractivity contribution in [2.75, 3.05) is 26.7 Å². The standard InChI is InChI=1S/C20H30N2O4S/c1-16-15-19(26-3)9-10-20(16)27(24,25)21-12-14-22(17(2)23)13-11-18-7-5-4-6-8-18/h7,9-10,15,21H,4-6,8,11-14H2,1-3H3. The monoisotopic (exact) mass is 394 g/mol. The average molecular weight is 395 g/mol. The summed E-state index contributed by atoms with van der Waals surface area (Å²) >= 11 is 0. The average Bonchev–Trinajstić information content (AvgIpc) is 2.64. The highest BCUT2D eigenvalue weighted by Gasteiger charge is 2.18. The van der Waals surface area contributed by atoms with Crippen molar-refractivity contribution in [1.29, 1.82) is 0 Å². The predicted molar refractivity (Wildman–Crippen MR) is 106 cm³/mol. The quantitative estimate of drug-likeness (QED) is 0.653. The Kier molecular flexibility index (Phi) is 7.86. The van der Waals surface area contributed by atoms with Gasteiger partial charge in [0.2, 0.25) is 15.9 Å². The van der Waals surface area contributed by atoms with Crippen LogP contribution in [0.25, 0.3) is 0 Å². The Hall–Kier alpha value is -1.86. The van der Waals surface area contributed by atoms with Crippen LogP contribution in [-0.4, -0.2) is 46.0 Å². The van der Waals surface area contributed by atoms with E-state index in [9.17, 15) is 13.2 Å². The number of amides is 1. The molecule has 6 nitrogen and oxygen atoms in total. The number of methoxy groups -OCH3 is 1. The molecule has 1 aliphatic carbocycles. The van der Waals surface area contributed by atoms with Crippen molar-refractivity contribution in [3.8, 4) is 5.75 Å². The van der Waals surface area contributed by atoms with Crippen molar-refractivity contribution in [2.24, 2.45) is 0 Å². The van der Waals surface area contributed by atoms with E-state index in [1.165, 1.54) is 31.4 Å². The molecule has 7 heteroatoms. The van der Waals surface area contributed by atoms with Crippen LogP contribution >= 0.6 is 0 Å². The van der Waals surface area contributed by atoms with Crippen LogP contribution in [-0.2, 0) is 14.8 Å². The first kappa shape index (κ1) is 21.4. The zero-order valence-electron chi connectivity index (χ0n) is 16.5. The highest BCUT2D eigenvalue weighted by molar-refractivity contribution is 7.89.